The molecule has 0 spiro atoms. The number of rotatable bonds is 5. The van der Waals surface area contributed by atoms with Gasteiger partial charge in [-0.3, -0.25) is 9.48 Å². The second-order valence-electron chi connectivity index (χ2n) is 7.71. The summed E-state index contributed by atoms with van der Waals surface area (Å²) in [6.07, 6.45) is -2.20. The van der Waals surface area contributed by atoms with Crippen LogP contribution in [0.15, 0.2) is 30.5 Å². The number of esters is 1. The average molecular weight is 485 g/mol. The van der Waals surface area contributed by atoms with E-state index in [4.69, 9.17) is 16.3 Å². The molecule has 3 aromatic rings. The number of alkyl halides is 3. The van der Waals surface area contributed by atoms with Gasteiger partial charge in [-0.2, -0.15) is 18.3 Å². The monoisotopic (exact) mass is 484 g/mol. The molecule has 0 aromatic carbocycles. The van der Waals surface area contributed by atoms with Crippen molar-refractivity contribution >= 4 is 40.5 Å². The lowest BCUT2D eigenvalue weighted by molar-refractivity contribution is -0.206. The van der Waals surface area contributed by atoms with Crippen LogP contribution >= 0.6 is 11.6 Å². The molecule has 3 aromatic heterocycles. The molecule has 2 N–H and O–H groups in total. The van der Waals surface area contributed by atoms with Crippen LogP contribution in [0.5, 0.6) is 0 Å². The van der Waals surface area contributed by atoms with Gasteiger partial charge in [-0.05, 0) is 43.5 Å². The number of anilines is 2. The van der Waals surface area contributed by atoms with Crippen molar-refractivity contribution in [2.24, 2.45) is 7.05 Å². The lowest BCUT2D eigenvalue weighted by atomic mass is 9.92. The fraction of sp³-hybridized carbons (Fsp3) is 0.400. The van der Waals surface area contributed by atoms with Crippen LogP contribution in [0.25, 0.3) is 5.52 Å². The van der Waals surface area contributed by atoms with Crippen LogP contribution in [0, 0.1) is 0 Å². The van der Waals surface area contributed by atoms with Gasteiger partial charge >= 0.3 is 12.1 Å². The van der Waals surface area contributed by atoms with Crippen molar-refractivity contribution in [2.45, 2.75) is 44.0 Å². The summed E-state index contributed by atoms with van der Waals surface area (Å²) in [5.41, 5.74) is 1.19. The maximum atomic E-state index is 12.8. The van der Waals surface area contributed by atoms with E-state index in [1.54, 1.807) is 37.5 Å². The Bertz CT molecular complexity index is 1190. The lowest BCUT2D eigenvalue weighted by Gasteiger charge is -2.32. The third-order valence-corrected chi connectivity index (χ3v) is 5.57. The molecule has 3 heterocycles. The summed E-state index contributed by atoms with van der Waals surface area (Å²) in [7, 11) is 1.66. The number of carbonyl (C=O) groups excluding carboxylic acids is 2. The van der Waals surface area contributed by atoms with Gasteiger partial charge in [0.1, 0.15) is 17.6 Å². The number of nitrogens with zero attached hydrogens (tertiary/aromatic N) is 4. The van der Waals surface area contributed by atoms with Crippen molar-refractivity contribution in [3.05, 3.63) is 41.3 Å². The Morgan fingerprint density at radius 2 is 1.88 bits per heavy atom. The molecule has 13 heteroatoms. The van der Waals surface area contributed by atoms with E-state index in [2.05, 4.69) is 20.8 Å². The van der Waals surface area contributed by atoms with Crippen molar-refractivity contribution < 1.29 is 27.5 Å². The van der Waals surface area contributed by atoms with Crippen LogP contribution in [0.1, 0.15) is 36.2 Å². The first-order valence-electron chi connectivity index (χ1n) is 10.2. The van der Waals surface area contributed by atoms with Crippen molar-refractivity contribution in [3.8, 4) is 0 Å². The number of hydrogen-bond acceptors (Lipinski definition) is 6. The molecule has 1 fully saturated rings. The Balaban J connectivity index is 1.53. The summed E-state index contributed by atoms with van der Waals surface area (Å²) in [4.78, 5) is 24.1. The van der Waals surface area contributed by atoms with Crippen molar-refractivity contribution in [1.82, 2.24) is 19.4 Å². The quantitative estimate of drug-likeness (QED) is 0.534. The molecule has 33 heavy (non-hydrogen) atoms. The van der Waals surface area contributed by atoms with Gasteiger partial charge in [0.15, 0.2) is 5.15 Å². The summed E-state index contributed by atoms with van der Waals surface area (Å²) in [5, 5.41) is 14.2. The summed E-state index contributed by atoms with van der Waals surface area (Å²) in [6.45, 7) is 0. The minimum Gasteiger partial charge on any atom is -0.454 e. The fourth-order valence-corrected chi connectivity index (χ4v) is 3.98. The molecular formula is C20H20ClF3N6O3. The van der Waals surface area contributed by atoms with Crippen molar-refractivity contribution in [1.29, 1.82) is 0 Å². The van der Waals surface area contributed by atoms with Crippen LogP contribution < -0.4 is 10.6 Å². The number of aryl methyl sites for hydroxylation is 1. The van der Waals surface area contributed by atoms with Crippen molar-refractivity contribution in [2.75, 3.05) is 10.6 Å². The molecular weight excluding hydrogens is 465 g/mol. The highest BCUT2D eigenvalue weighted by molar-refractivity contribution is 6.32. The van der Waals surface area contributed by atoms with E-state index in [1.807, 2.05) is 0 Å². The number of hydrogen-bond donors (Lipinski definition) is 2. The van der Waals surface area contributed by atoms with Gasteiger partial charge in [0.25, 0.3) is 5.91 Å². The maximum absolute atomic E-state index is 12.8. The zero-order chi connectivity index (χ0) is 23.8. The Labute approximate surface area is 190 Å². The predicted molar refractivity (Wildman–Crippen MR) is 113 cm³/mol. The first-order chi connectivity index (χ1) is 15.6. The molecule has 1 saturated carbocycles. The molecule has 0 aliphatic heterocycles. The third-order valence-electron chi connectivity index (χ3n) is 5.29. The fourth-order valence-electron chi connectivity index (χ4n) is 3.77. The second-order valence-corrected chi connectivity index (χ2v) is 8.07. The lowest BCUT2D eigenvalue weighted by Crippen LogP contribution is -2.42. The van der Waals surface area contributed by atoms with E-state index in [9.17, 15) is 22.8 Å². The Kier molecular flexibility index (Phi) is 6.19. The summed E-state index contributed by atoms with van der Waals surface area (Å²) >= 11 is 5.99. The van der Waals surface area contributed by atoms with Gasteiger partial charge in [0.2, 0.25) is 0 Å². The Morgan fingerprint density at radius 3 is 2.58 bits per heavy atom. The number of fused-ring (bicyclic) bond motifs is 1. The van der Waals surface area contributed by atoms with Gasteiger partial charge in [0.05, 0.1) is 17.2 Å². The summed E-state index contributed by atoms with van der Waals surface area (Å²) in [6, 6.07) is 6.09. The average Bonchev–Trinajstić information content (AvgIpc) is 3.30. The number of nitrogens with one attached hydrogen (secondary N) is 2. The molecule has 9 nitrogen and oxygen atoms in total. The molecule has 176 valence electrons. The molecule has 2 atom stereocenters. The summed E-state index contributed by atoms with van der Waals surface area (Å²) < 4.78 is 45.5. The highest BCUT2D eigenvalue weighted by Crippen LogP contribution is 2.27. The van der Waals surface area contributed by atoms with E-state index in [0.29, 0.717) is 36.3 Å². The number of amides is 1. The first kappa shape index (κ1) is 22.9. The number of carbonyl (C=O) groups is 2. The second kappa shape index (κ2) is 8.93. The molecule has 4 rings (SSSR count). The van der Waals surface area contributed by atoms with Gasteiger partial charge < -0.3 is 15.4 Å². The molecule has 0 unspecified atom stereocenters. The zero-order valence-electron chi connectivity index (χ0n) is 17.4. The van der Waals surface area contributed by atoms with Crippen LogP contribution in [-0.4, -0.2) is 49.6 Å². The van der Waals surface area contributed by atoms with E-state index >= 15 is 0 Å². The highest BCUT2D eigenvalue weighted by atomic mass is 35.5. The minimum absolute atomic E-state index is 0.138. The third kappa shape index (κ3) is 5.05. The Morgan fingerprint density at radius 1 is 1.15 bits per heavy atom. The van der Waals surface area contributed by atoms with E-state index in [1.165, 1.54) is 9.20 Å². The van der Waals surface area contributed by atoms with Crippen molar-refractivity contribution in [3.63, 3.8) is 0 Å². The number of ether oxygens (including phenoxy) is 1. The summed E-state index contributed by atoms with van der Waals surface area (Å²) in [5.74, 6) is -2.35. The number of halogens is 4. The largest absolute Gasteiger partial charge is 0.490 e. The van der Waals surface area contributed by atoms with E-state index in [0.717, 1.165) is 6.42 Å². The highest BCUT2D eigenvalue weighted by Gasteiger charge is 2.43. The zero-order valence-corrected chi connectivity index (χ0v) is 18.2. The van der Waals surface area contributed by atoms with Crippen LogP contribution in [-0.2, 0) is 16.6 Å². The Hall–Kier alpha value is -3.28. The normalized spacial score (nSPS) is 18.8. The molecule has 1 aliphatic rings. The SMILES string of the molecule is Cn1cc(NC(=O)c2ccc3ccc(N[C@@H]4CCCC[C@@H]4OC(=O)C(F)(F)F)nn23)c(Cl)n1. The van der Waals surface area contributed by atoms with E-state index < -0.39 is 30.2 Å². The standard InChI is InChI=1S/C20H20ClF3N6O3/c1-29-10-13(17(21)28-29)26-18(31)14-8-6-11-7-9-16(27-30(11)14)25-12-4-2-3-5-15(12)33-19(32)20(22,23)24/h6-10,12,15H,2-5H2,1H3,(H,25,27)(H,26,31)/t12-,15+/m1/s1. The minimum atomic E-state index is -5.05. The van der Waals surface area contributed by atoms with Gasteiger partial charge in [-0.25, -0.2) is 9.31 Å². The van der Waals surface area contributed by atoms with E-state index in [-0.39, 0.29) is 10.8 Å². The molecule has 0 radical (unpaired) electrons. The predicted octanol–water partition coefficient (Wildman–Crippen LogP) is 3.80. The first-order valence-corrected chi connectivity index (χ1v) is 10.5. The smallest absolute Gasteiger partial charge is 0.454 e. The van der Waals surface area contributed by atoms with Gasteiger partial charge in [-0.15, -0.1) is 5.10 Å². The van der Waals surface area contributed by atoms with Crippen LogP contribution in [0.3, 0.4) is 0 Å². The maximum Gasteiger partial charge on any atom is 0.490 e. The molecule has 0 saturated heterocycles. The van der Waals surface area contributed by atoms with Gasteiger partial charge in [-0.1, -0.05) is 18.0 Å². The number of aromatic nitrogens is 4. The molecule has 0 bridgehead atoms. The van der Waals surface area contributed by atoms with Crippen LogP contribution in [0.2, 0.25) is 5.15 Å². The molecule has 1 aliphatic carbocycles. The molecule has 1 amide bonds. The topological polar surface area (TPSA) is 103 Å². The van der Waals surface area contributed by atoms with Crippen LogP contribution in [0.4, 0.5) is 24.7 Å². The van der Waals surface area contributed by atoms with Gasteiger partial charge in [0, 0.05) is 13.2 Å².